The number of nitrogens with two attached hydrogens (primary N) is 1. The van der Waals surface area contributed by atoms with E-state index in [0.29, 0.717) is 18.7 Å². The molecule has 1 aromatic rings. The van der Waals surface area contributed by atoms with Crippen LogP contribution in [0.1, 0.15) is 12.5 Å². The Kier molecular flexibility index (Phi) is 5.58. The molecule has 0 aliphatic carbocycles. The van der Waals surface area contributed by atoms with Gasteiger partial charge in [0.15, 0.2) is 0 Å². The van der Waals surface area contributed by atoms with Gasteiger partial charge < -0.3 is 10.5 Å². The van der Waals surface area contributed by atoms with Gasteiger partial charge in [-0.05, 0) is 25.0 Å². The fraction of sp³-hybridized carbons (Fsp3) is 0.500. The van der Waals surface area contributed by atoms with Crippen molar-refractivity contribution >= 4 is 15.7 Å². The molecule has 0 aromatic heterocycles. The van der Waals surface area contributed by atoms with Crippen LogP contribution in [0.15, 0.2) is 24.3 Å². The normalized spacial score (nSPS) is 13.3. The van der Waals surface area contributed by atoms with Crippen LogP contribution >= 0.6 is 0 Å². The summed E-state index contributed by atoms with van der Waals surface area (Å²) in [5.41, 5.74) is 6.89. The lowest BCUT2D eigenvalue weighted by atomic mass is 10.1. The Balaban J connectivity index is 2.90. The molecule has 0 amide bonds. The number of methoxy groups -OCH3 is 1. The molecule has 3 N–H and O–H groups in total. The summed E-state index contributed by atoms with van der Waals surface area (Å²) in [6.45, 7) is 2.22. The first kappa shape index (κ1) is 14.9. The average Bonchev–Trinajstić information content (AvgIpc) is 2.36. The summed E-state index contributed by atoms with van der Waals surface area (Å²) >= 11 is 0. The Morgan fingerprint density at radius 3 is 2.67 bits per heavy atom. The largest absolute Gasteiger partial charge is 0.384 e. The van der Waals surface area contributed by atoms with Gasteiger partial charge in [0.25, 0.3) is 0 Å². The Morgan fingerprint density at radius 1 is 1.39 bits per heavy atom. The van der Waals surface area contributed by atoms with E-state index in [0.717, 1.165) is 5.56 Å². The molecular formula is C12H20N2O3S. The summed E-state index contributed by atoms with van der Waals surface area (Å²) in [5, 5.41) is -0.618. The number of benzene rings is 1. The molecule has 18 heavy (non-hydrogen) atoms. The van der Waals surface area contributed by atoms with Crippen LogP contribution in [-0.4, -0.2) is 33.9 Å². The van der Waals surface area contributed by atoms with Gasteiger partial charge >= 0.3 is 0 Å². The van der Waals surface area contributed by atoms with Crippen LogP contribution in [0.25, 0.3) is 0 Å². The Hall–Kier alpha value is -1.11. The van der Waals surface area contributed by atoms with Gasteiger partial charge in [0.05, 0.1) is 17.5 Å². The Bertz CT molecular complexity index is 474. The van der Waals surface area contributed by atoms with Gasteiger partial charge in [-0.25, -0.2) is 8.42 Å². The molecule has 1 aromatic carbocycles. The van der Waals surface area contributed by atoms with Gasteiger partial charge in [-0.2, -0.15) is 0 Å². The van der Waals surface area contributed by atoms with Crippen molar-refractivity contribution in [1.29, 1.82) is 0 Å². The molecule has 1 atom stereocenters. The molecule has 6 heteroatoms. The predicted molar refractivity (Wildman–Crippen MR) is 73.1 cm³/mol. The number of sulfonamides is 1. The monoisotopic (exact) mass is 272 g/mol. The first-order valence-corrected chi connectivity index (χ1v) is 7.34. The highest BCUT2D eigenvalue weighted by molar-refractivity contribution is 7.93. The topological polar surface area (TPSA) is 81.4 Å². The van der Waals surface area contributed by atoms with Crippen molar-refractivity contribution in [1.82, 2.24) is 0 Å². The van der Waals surface area contributed by atoms with Gasteiger partial charge in [0.2, 0.25) is 10.0 Å². The van der Waals surface area contributed by atoms with Crippen LogP contribution in [0.5, 0.6) is 0 Å². The fourth-order valence-electron chi connectivity index (χ4n) is 1.43. The predicted octanol–water partition coefficient (Wildman–Crippen LogP) is 0.964. The van der Waals surface area contributed by atoms with Gasteiger partial charge in [-0.3, -0.25) is 4.72 Å². The van der Waals surface area contributed by atoms with Crippen molar-refractivity contribution in [3.05, 3.63) is 29.8 Å². The van der Waals surface area contributed by atoms with Crippen molar-refractivity contribution in [3.8, 4) is 0 Å². The molecule has 1 unspecified atom stereocenters. The minimum atomic E-state index is -3.43. The molecule has 0 spiro atoms. The molecule has 0 heterocycles. The summed E-state index contributed by atoms with van der Waals surface area (Å²) < 4.78 is 31.5. The van der Waals surface area contributed by atoms with E-state index in [1.54, 1.807) is 26.2 Å². The quantitative estimate of drug-likeness (QED) is 0.775. The summed E-state index contributed by atoms with van der Waals surface area (Å²) in [5.74, 6) is 0. The maximum Gasteiger partial charge on any atom is 0.236 e. The van der Waals surface area contributed by atoms with Crippen LogP contribution in [0.3, 0.4) is 0 Å². The number of hydrogen-bond acceptors (Lipinski definition) is 4. The Morgan fingerprint density at radius 2 is 2.06 bits per heavy atom. The lowest BCUT2D eigenvalue weighted by Gasteiger charge is -2.15. The number of hydrogen-bond donors (Lipinski definition) is 2. The average molecular weight is 272 g/mol. The van der Waals surface area contributed by atoms with Crippen molar-refractivity contribution < 1.29 is 13.2 Å². The van der Waals surface area contributed by atoms with Crippen molar-refractivity contribution in [2.24, 2.45) is 5.73 Å². The number of rotatable bonds is 7. The highest BCUT2D eigenvalue weighted by atomic mass is 32.2. The van der Waals surface area contributed by atoms with Crippen LogP contribution in [0.2, 0.25) is 0 Å². The van der Waals surface area contributed by atoms with E-state index in [1.807, 2.05) is 12.1 Å². The zero-order chi connectivity index (χ0) is 13.6. The fourth-order valence-corrected chi connectivity index (χ4v) is 2.39. The molecule has 0 aliphatic rings. The highest BCUT2D eigenvalue weighted by Gasteiger charge is 2.19. The minimum absolute atomic E-state index is 0.0928. The summed E-state index contributed by atoms with van der Waals surface area (Å²) in [6, 6.07) is 7.28. The number of anilines is 1. The molecule has 0 bridgehead atoms. The van der Waals surface area contributed by atoms with E-state index < -0.39 is 15.3 Å². The standard InChI is InChI=1S/C12H20N2O3S/c1-10(9-13)18(15,16)14-12-6-4-3-5-11(12)7-8-17-2/h3-6,10,14H,7-9,13H2,1-2H3. The van der Waals surface area contributed by atoms with Gasteiger partial charge in [-0.1, -0.05) is 18.2 Å². The second kappa shape index (κ2) is 6.72. The zero-order valence-corrected chi connectivity index (χ0v) is 11.5. The molecule has 0 fully saturated rings. The third-order valence-corrected chi connectivity index (χ3v) is 4.46. The van der Waals surface area contributed by atoms with Crippen molar-refractivity contribution in [2.75, 3.05) is 25.0 Å². The first-order valence-electron chi connectivity index (χ1n) is 5.79. The summed E-state index contributed by atoms with van der Waals surface area (Å²) in [4.78, 5) is 0. The third-order valence-electron chi connectivity index (χ3n) is 2.71. The smallest absolute Gasteiger partial charge is 0.236 e. The lowest BCUT2D eigenvalue weighted by Crippen LogP contribution is -2.32. The maximum atomic E-state index is 11.9. The second-order valence-corrected chi connectivity index (χ2v) is 6.19. The number of nitrogens with one attached hydrogen (secondary N) is 1. The number of para-hydroxylation sites is 1. The van der Waals surface area contributed by atoms with Crippen molar-refractivity contribution in [3.63, 3.8) is 0 Å². The molecule has 0 aliphatic heterocycles. The molecule has 0 saturated carbocycles. The minimum Gasteiger partial charge on any atom is -0.384 e. The molecule has 1 rings (SSSR count). The summed E-state index contributed by atoms with van der Waals surface area (Å²) in [7, 11) is -1.81. The lowest BCUT2D eigenvalue weighted by molar-refractivity contribution is 0.202. The first-order chi connectivity index (χ1) is 8.51. The molecule has 5 nitrogen and oxygen atoms in total. The van der Waals surface area contributed by atoms with E-state index >= 15 is 0 Å². The zero-order valence-electron chi connectivity index (χ0n) is 10.7. The summed E-state index contributed by atoms with van der Waals surface area (Å²) in [6.07, 6.45) is 0.659. The Labute approximate surface area is 108 Å². The van der Waals surface area contributed by atoms with Crippen LogP contribution < -0.4 is 10.5 Å². The SMILES string of the molecule is COCCc1ccccc1NS(=O)(=O)C(C)CN. The molecule has 0 saturated heterocycles. The van der Waals surface area contributed by atoms with Gasteiger partial charge in [0.1, 0.15) is 0 Å². The van der Waals surface area contributed by atoms with Gasteiger partial charge in [-0.15, -0.1) is 0 Å². The van der Waals surface area contributed by atoms with E-state index in [-0.39, 0.29) is 6.54 Å². The van der Waals surface area contributed by atoms with Crippen LogP contribution in [0, 0.1) is 0 Å². The van der Waals surface area contributed by atoms with Crippen LogP contribution in [0.4, 0.5) is 5.69 Å². The molecule has 0 radical (unpaired) electrons. The third kappa shape index (κ3) is 3.97. The highest BCUT2D eigenvalue weighted by Crippen LogP contribution is 2.18. The maximum absolute atomic E-state index is 11.9. The van der Waals surface area contributed by atoms with E-state index in [1.165, 1.54) is 0 Å². The van der Waals surface area contributed by atoms with Crippen LogP contribution in [-0.2, 0) is 21.2 Å². The van der Waals surface area contributed by atoms with E-state index in [9.17, 15) is 8.42 Å². The second-order valence-electron chi connectivity index (χ2n) is 4.09. The van der Waals surface area contributed by atoms with E-state index in [4.69, 9.17) is 10.5 Å². The van der Waals surface area contributed by atoms with E-state index in [2.05, 4.69) is 4.72 Å². The molecule has 102 valence electrons. The molecular weight excluding hydrogens is 252 g/mol. The van der Waals surface area contributed by atoms with Gasteiger partial charge in [0, 0.05) is 13.7 Å². The number of ether oxygens (including phenoxy) is 1. The van der Waals surface area contributed by atoms with Crippen molar-refractivity contribution in [2.45, 2.75) is 18.6 Å².